The number of para-hydroxylation sites is 1. The highest BCUT2D eigenvalue weighted by Crippen LogP contribution is 2.70. The molecule has 1 aromatic carbocycles. The standard InChI is InChI=1S/C51H76O15/c1-25-45(63-43-23-37(54)46(26(2)59-43)64-44-24-39-47(27(3)60-44)66-48(4,5)65-39)36(53)22-42(58-25)61-30-14-16-49(6)29(19-30)12-13-33-34(49)21-40(55)50(7)32(15-17-51(33,50)57)31-20-41(56)62-38(31)18-28-10-8-9-11-35(28)52/h8-11,25-27,29-34,36-40,42-47,52-55,57H,12-24H2,1-7H3/t25?,26?,27?,29-,30+,31?,32-,33-,34+,36-,37-,38?,39-,40-,42+,43-,44+,45?,46?,47?,49+,50+,51+/m1/s1. The maximum absolute atomic E-state index is 13.0. The Hall–Kier alpha value is -1.99. The van der Waals surface area contributed by atoms with Gasteiger partial charge in [0, 0.05) is 37.0 Å². The lowest BCUT2D eigenvalue weighted by Crippen LogP contribution is -2.67. The molecule has 0 bridgehead atoms. The third kappa shape index (κ3) is 8.28. The van der Waals surface area contributed by atoms with Gasteiger partial charge in [0.25, 0.3) is 0 Å². The van der Waals surface area contributed by atoms with E-state index >= 15 is 0 Å². The molecule has 5 aliphatic heterocycles. The second-order valence-corrected chi connectivity index (χ2v) is 22.9. The summed E-state index contributed by atoms with van der Waals surface area (Å²) < 4.78 is 56.1. The number of phenols is 1. The first-order chi connectivity index (χ1) is 31.3. The molecule has 15 heteroatoms. The normalized spacial score (nSPS) is 52.2. The molecule has 8 unspecified atom stereocenters. The predicted octanol–water partition coefficient (Wildman–Crippen LogP) is 5.41. The number of hydrogen-bond donors (Lipinski definition) is 5. The van der Waals surface area contributed by atoms with Crippen LogP contribution in [0.1, 0.15) is 131 Å². The van der Waals surface area contributed by atoms with Crippen LogP contribution in [-0.2, 0) is 53.8 Å². The fraction of sp³-hybridized carbons (Fsp3) is 0.863. The summed E-state index contributed by atoms with van der Waals surface area (Å²) in [6.07, 6.45) is -0.116. The monoisotopic (exact) mass is 929 g/mol. The second kappa shape index (κ2) is 17.7. The molecule has 5 heterocycles. The molecule has 1 aromatic rings. The molecule has 370 valence electrons. The zero-order valence-electron chi connectivity index (χ0n) is 39.9. The number of carbonyl (C=O) groups excluding carboxylic acids is 1. The van der Waals surface area contributed by atoms with Crippen LogP contribution in [-0.4, -0.2) is 135 Å². The van der Waals surface area contributed by atoms with Crippen molar-refractivity contribution in [1.82, 2.24) is 0 Å². The van der Waals surface area contributed by atoms with E-state index in [-0.39, 0.29) is 84.5 Å². The molecule has 0 aromatic heterocycles. The molecular formula is C51H76O15. The summed E-state index contributed by atoms with van der Waals surface area (Å²) >= 11 is 0. The van der Waals surface area contributed by atoms with E-state index in [0.717, 1.165) is 37.7 Å². The van der Waals surface area contributed by atoms with E-state index in [4.69, 9.17) is 42.6 Å². The molecule has 4 aliphatic carbocycles. The Morgan fingerprint density at radius 1 is 0.712 bits per heavy atom. The molecular weight excluding hydrogens is 853 g/mol. The van der Waals surface area contributed by atoms with Gasteiger partial charge in [0.05, 0.1) is 60.9 Å². The van der Waals surface area contributed by atoms with E-state index in [9.17, 15) is 30.3 Å². The molecule has 10 rings (SSSR count). The highest BCUT2D eigenvalue weighted by molar-refractivity contribution is 5.72. The van der Waals surface area contributed by atoms with Crippen molar-refractivity contribution >= 4 is 5.97 Å². The Morgan fingerprint density at radius 3 is 2.05 bits per heavy atom. The van der Waals surface area contributed by atoms with Crippen molar-refractivity contribution in [3.8, 4) is 5.75 Å². The zero-order valence-corrected chi connectivity index (χ0v) is 39.9. The number of rotatable bonds is 9. The number of cyclic esters (lactones) is 1. The maximum atomic E-state index is 13.0. The minimum atomic E-state index is -1.08. The van der Waals surface area contributed by atoms with E-state index < -0.39 is 84.5 Å². The number of esters is 1. The molecule has 0 amide bonds. The number of aliphatic hydroxyl groups is 4. The van der Waals surface area contributed by atoms with Crippen LogP contribution in [0, 0.1) is 40.4 Å². The first kappa shape index (κ1) is 47.7. The number of aromatic hydroxyl groups is 1. The van der Waals surface area contributed by atoms with Crippen molar-refractivity contribution in [3.63, 3.8) is 0 Å². The van der Waals surface area contributed by atoms with Gasteiger partial charge in [-0.25, -0.2) is 0 Å². The van der Waals surface area contributed by atoms with Crippen molar-refractivity contribution in [2.75, 3.05) is 0 Å². The van der Waals surface area contributed by atoms with Crippen LogP contribution in [0.4, 0.5) is 0 Å². The van der Waals surface area contributed by atoms with Gasteiger partial charge in [0.15, 0.2) is 24.7 Å². The number of fused-ring (bicyclic) bond motifs is 6. The first-order valence-corrected chi connectivity index (χ1v) is 25.3. The van der Waals surface area contributed by atoms with E-state index in [1.165, 1.54) is 0 Å². The third-order valence-corrected chi connectivity index (χ3v) is 18.8. The Labute approximate surface area is 389 Å². The smallest absolute Gasteiger partial charge is 0.306 e. The number of ether oxygens (including phenoxy) is 9. The van der Waals surface area contributed by atoms with Crippen LogP contribution in [0.15, 0.2) is 24.3 Å². The molecule has 9 fully saturated rings. The van der Waals surface area contributed by atoms with Gasteiger partial charge in [-0.15, -0.1) is 0 Å². The molecule has 5 saturated heterocycles. The van der Waals surface area contributed by atoms with Crippen LogP contribution >= 0.6 is 0 Å². The minimum absolute atomic E-state index is 0.0300. The lowest BCUT2D eigenvalue weighted by molar-refractivity contribution is -0.334. The zero-order chi connectivity index (χ0) is 46.7. The summed E-state index contributed by atoms with van der Waals surface area (Å²) in [6, 6.07) is 7.16. The second-order valence-electron chi connectivity index (χ2n) is 22.9. The minimum Gasteiger partial charge on any atom is -0.508 e. The van der Waals surface area contributed by atoms with Gasteiger partial charge in [-0.1, -0.05) is 32.0 Å². The molecule has 0 spiro atoms. The van der Waals surface area contributed by atoms with Crippen LogP contribution in [0.3, 0.4) is 0 Å². The topological polar surface area (TPSA) is 201 Å². The lowest BCUT2D eigenvalue weighted by atomic mass is 9.42. The molecule has 66 heavy (non-hydrogen) atoms. The highest BCUT2D eigenvalue weighted by atomic mass is 16.8. The van der Waals surface area contributed by atoms with Crippen LogP contribution in [0.25, 0.3) is 0 Å². The Balaban J connectivity index is 0.722. The van der Waals surface area contributed by atoms with E-state index in [0.29, 0.717) is 38.0 Å². The van der Waals surface area contributed by atoms with Crippen molar-refractivity contribution in [3.05, 3.63) is 29.8 Å². The van der Waals surface area contributed by atoms with Gasteiger partial charge in [-0.3, -0.25) is 4.79 Å². The van der Waals surface area contributed by atoms with Crippen molar-refractivity contribution < 1.29 is 73.0 Å². The quantitative estimate of drug-likeness (QED) is 0.155. The van der Waals surface area contributed by atoms with Gasteiger partial charge in [-0.2, -0.15) is 0 Å². The van der Waals surface area contributed by atoms with Gasteiger partial charge >= 0.3 is 5.97 Å². The summed E-state index contributed by atoms with van der Waals surface area (Å²) in [4.78, 5) is 12.9. The summed E-state index contributed by atoms with van der Waals surface area (Å²) in [7, 11) is 0. The number of carbonyl (C=O) groups is 1. The largest absolute Gasteiger partial charge is 0.508 e. The molecule has 5 N–H and O–H groups in total. The number of benzene rings is 1. The van der Waals surface area contributed by atoms with E-state index in [1.54, 1.807) is 12.1 Å². The predicted molar refractivity (Wildman–Crippen MR) is 235 cm³/mol. The molecule has 0 radical (unpaired) electrons. The van der Waals surface area contributed by atoms with Gasteiger partial charge in [0.1, 0.15) is 30.2 Å². The maximum Gasteiger partial charge on any atom is 0.306 e. The van der Waals surface area contributed by atoms with Crippen LogP contribution < -0.4 is 0 Å². The fourth-order valence-electron chi connectivity index (χ4n) is 15.4. The molecule has 15 nitrogen and oxygen atoms in total. The van der Waals surface area contributed by atoms with Crippen molar-refractivity contribution in [1.29, 1.82) is 0 Å². The molecule has 23 atom stereocenters. The fourth-order valence-corrected chi connectivity index (χ4v) is 15.4. The first-order valence-electron chi connectivity index (χ1n) is 25.3. The Bertz CT molecular complexity index is 1890. The van der Waals surface area contributed by atoms with E-state index in [1.807, 2.05) is 46.8 Å². The lowest BCUT2D eigenvalue weighted by Gasteiger charge is -2.65. The average molecular weight is 929 g/mol. The Kier molecular flexibility index (Phi) is 12.8. The number of aliphatic hydroxyl groups excluding tert-OH is 3. The molecule has 4 saturated carbocycles. The van der Waals surface area contributed by atoms with E-state index in [2.05, 4.69) is 13.8 Å². The highest BCUT2D eigenvalue weighted by Gasteiger charge is 2.72. The van der Waals surface area contributed by atoms with Crippen LogP contribution in [0.2, 0.25) is 0 Å². The van der Waals surface area contributed by atoms with Crippen molar-refractivity contribution in [2.45, 2.75) is 235 Å². The van der Waals surface area contributed by atoms with Gasteiger partial charge in [0.2, 0.25) is 0 Å². The van der Waals surface area contributed by atoms with Gasteiger partial charge < -0.3 is 68.2 Å². The third-order valence-electron chi connectivity index (χ3n) is 18.8. The Morgan fingerprint density at radius 2 is 1.36 bits per heavy atom. The summed E-state index contributed by atoms with van der Waals surface area (Å²) in [6.45, 7) is 13.9. The average Bonchev–Trinajstić information content (AvgIpc) is 3.87. The van der Waals surface area contributed by atoms with Crippen LogP contribution in [0.5, 0.6) is 5.75 Å². The number of hydrogen-bond acceptors (Lipinski definition) is 15. The summed E-state index contributed by atoms with van der Waals surface area (Å²) in [5.41, 5.74) is -1.23. The summed E-state index contributed by atoms with van der Waals surface area (Å²) in [5.74, 6) is -0.523. The van der Waals surface area contributed by atoms with Gasteiger partial charge in [-0.05, 0) is 127 Å². The molecule has 9 aliphatic rings. The summed E-state index contributed by atoms with van der Waals surface area (Å²) in [5, 5.41) is 58.6. The number of phenolic OH excluding ortho intramolecular Hbond substituents is 1. The SMILES string of the molecule is CC1O[C@@H](O[C@H]2CC[C@@]3(C)[C@H](CC[C@@H]4[C@@H]3C[C@@H](O)[C@]3(C)[C@@H](C5CC(=O)OC5Cc5ccccc5O)CC[C@]43O)C2)C[C@@H](O)C1O[C@@H]1C[C@@H](O)C(O[C@H]2C[C@H]3OC(C)(C)OC3C(C)O2)C(C)O1. The van der Waals surface area contributed by atoms with Crippen molar-refractivity contribution in [2.24, 2.45) is 40.4 Å².